The molecule has 0 aliphatic heterocycles. The second-order valence-electron chi connectivity index (χ2n) is 4.00. The molecule has 10 heteroatoms. The van der Waals surface area contributed by atoms with Gasteiger partial charge in [-0.1, -0.05) is 11.6 Å². The predicted octanol–water partition coefficient (Wildman–Crippen LogP) is 2.33. The van der Waals surface area contributed by atoms with Crippen LogP contribution in [0.2, 0.25) is 5.15 Å². The first kappa shape index (κ1) is 14.0. The first-order valence-electron chi connectivity index (χ1n) is 5.44. The van der Waals surface area contributed by atoms with Gasteiger partial charge in [-0.25, -0.2) is 18.4 Å². The van der Waals surface area contributed by atoms with Crippen molar-refractivity contribution in [1.82, 2.24) is 18.7 Å². The van der Waals surface area contributed by atoms with E-state index in [0.29, 0.717) is 10.7 Å². The van der Waals surface area contributed by atoms with Gasteiger partial charge in [-0.05, 0) is 0 Å². The number of hydrogen-bond acceptors (Lipinski definition) is 6. The molecule has 0 radical (unpaired) electrons. The fraction of sp³-hybridized carbons (Fsp3) is 0.200. The molecule has 0 saturated heterocycles. The van der Waals surface area contributed by atoms with Gasteiger partial charge < -0.3 is 0 Å². The fourth-order valence-electron chi connectivity index (χ4n) is 1.75. The molecule has 3 aromatic heterocycles. The average molecular weight is 349 g/mol. The van der Waals surface area contributed by atoms with Gasteiger partial charge in [0.05, 0.1) is 17.7 Å². The van der Waals surface area contributed by atoms with Crippen LogP contribution in [0, 0.1) is 0 Å². The molecule has 0 aliphatic rings. The Bertz CT molecular complexity index is 837. The monoisotopic (exact) mass is 348 g/mol. The van der Waals surface area contributed by atoms with Crippen LogP contribution in [-0.4, -0.2) is 34.1 Å². The number of fused-ring (bicyclic) bond motifs is 1. The molecule has 20 heavy (non-hydrogen) atoms. The standard InChI is InChI=1S/C10H9ClN4O2S3/c1-14(4-7-5-18-6-12-7)20(16,17)9-8(11)13-10-15(9)2-3-19-10/h2-3,5-6H,4H2,1H3. The lowest BCUT2D eigenvalue weighted by atomic mass is 10.5. The molecule has 3 rings (SSSR count). The largest absolute Gasteiger partial charge is 0.279 e. The van der Waals surface area contributed by atoms with Crippen molar-refractivity contribution in [3.63, 3.8) is 0 Å². The van der Waals surface area contributed by atoms with Crippen molar-refractivity contribution in [3.8, 4) is 0 Å². The molecule has 0 atom stereocenters. The Balaban J connectivity index is 2.02. The molecule has 0 fully saturated rings. The second kappa shape index (κ2) is 5.08. The number of thiazole rings is 2. The quantitative estimate of drug-likeness (QED) is 0.725. The highest BCUT2D eigenvalue weighted by molar-refractivity contribution is 7.89. The molecule has 0 saturated carbocycles. The highest BCUT2D eigenvalue weighted by atomic mass is 35.5. The lowest BCUT2D eigenvalue weighted by Crippen LogP contribution is -2.27. The highest BCUT2D eigenvalue weighted by Crippen LogP contribution is 2.28. The summed E-state index contributed by atoms with van der Waals surface area (Å²) >= 11 is 8.73. The van der Waals surface area contributed by atoms with Crippen molar-refractivity contribution in [2.45, 2.75) is 11.6 Å². The van der Waals surface area contributed by atoms with Crippen LogP contribution in [0.5, 0.6) is 0 Å². The molecule has 0 aromatic carbocycles. The Labute approximate surface area is 128 Å². The number of halogens is 1. The Kier molecular flexibility index (Phi) is 3.55. The molecular formula is C10H9ClN4O2S3. The smallest absolute Gasteiger partial charge is 0.262 e. The van der Waals surface area contributed by atoms with Gasteiger partial charge in [0.1, 0.15) is 0 Å². The SMILES string of the molecule is CN(Cc1cscn1)S(=O)(=O)c1c(Cl)nc2sccn12. The van der Waals surface area contributed by atoms with Gasteiger partial charge in [-0.3, -0.25) is 4.40 Å². The van der Waals surface area contributed by atoms with E-state index in [-0.39, 0.29) is 16.7 Å². The molecule has 0 spiro atoms. The number of imidazole rings is 1. The summed E-state index contributed by atoms with van der Waals surface area (Å²) in [6.45, 7) is 0.194. The number of rotatable bonds is 4. The van der Waals surface area contributed by atoms with Crippen molar-refractivity contribution in [2.75, 3.05) is 7.05 Å². The maximum absolute atomic E-state index is 12.6. The van der Waals surface area contributed by atoms with Crippen LogP contribution in [-0.2, 0) is 16.6 Å². The van der Waals surface area contributed by atoms with E-state index in [9.17, 15) is 8.42 Å². The topological polar surface area (TPSA) is 67.6 Å². The minimum Gasteiger partial charge on any atom is -0.279 e. The van der Waals surface area contributed by atoms with Crippen LogP contribution < -0.4 is 0 Å². The van der Waals surface area contributed by atoms with E-state index in [1.54, 1.807) is 17.1 Å². The number of sulfonamides is 1. The molecule has 0 amide bonds. The summed E-state index contributed by atoms with van der Waals surface area (Å²) in [7, 11) is -2.23. The minimum absolute atomic E-state index is 0.00635. The van der Waals surface area contributed by atoms with Gasteiger partial charge in [0.15, 0.2) is 15.1 Å². The van der Waals surface area contributed by atoms with E-state index in [1.165, 1.54) is 38.4 Å². The predicted molar refractivity (Wildman–Crippen MR) is 78.8 cm³/mol. The summed E-state index contributed by atoms with van der Waals surface area (Å²) < 4.78 is 27.9. The molecule has 0 aliphatic carbocycles. The maximum atomic E-state index is 12.6. The summed E-state index contributed by atoms with van der Waals surface area (Å²) in [5, 5.41) is 3.55. The number of aromatic nitrogens is 3. The van der Waals surface area contributed by atoms with E-state index in [0.717, 1.165) is 0 Å². The van der Waals surface area contributed by atoms with Crippen LogP contribution in [0.25, 0.3) is 4.96 Å². The molecule has 3 heterocycles. The lowest BCUT2D eigenvalue weighted by Gasteiger charge is -2.15. The van der Waals surface area contributed by atoms with Crippen LogP contribution in [0.15, 0.2) is 27.5 Å². The highest BCUT2D eigenvalue weighted by Gasteiger charge is 2.29. The lowest BCUT2D eigenvalue weighted by molar-refractivity contribution is 0.459. The van der Waals surface area contributed by atoms with Crippen molar-refractivity contribution in [3.05, 3.63) is 33.3 Å². The van der Waals surface area contributed by atoms with E-state index >= 15 is 0 Å². The molecule has 3 aromatic rings. The van der Waals surface area contributed by atoms with E-state index in [4.69, 9.17) is 11.6 Å². The third kappa shape index (κ3) is 2.25. The summed E-state index contributed by atoms with van der Waals surface area (Å²) in [6, 6.07) is 0. The Morgan fingerprint density at radius 1 is 1.50 bits per heavy atom. The van der Waals surface area contributed by atoms with Crippen LogP contribution in [0.3, 0.4) is 0 Å². The third-order valence-electron chi connectivity index (χ3n) is 2.70. The van der Waals surface area contributed by atoms with E-state index < -0.39 is 10.0 Å². The Hall–Kier alpha value is -1.00. The van der Waals surface area contributed by atoms with E-state index in [1.807, 2.05) is 5.38 Å². The van der Waals surface area contributed by atoms with Gasteiger partial charge in [-0.2, -0.15) is 4.31 Å². The molecule has 0 N–H and O–H groups in total. The Morgan fingerprint density at radius 3 is 3.00 bits per heavy atom. The third-order valence-corrected chi connectivity index (χ3v) is 6.30. The van der Waals surface area contributed by atoms with Crippen LogP contribution >= 0.6 is 34.3 Å². The zero-order valence-corrected chi connectivity index (χ0v) is 13.4. The van der Waals surface area contributed by atoms with Crippen molar-refractivity contribution >= 4 is 49.3 Å². The van der Waals surface area contributed by atoms with Crippen molar-refractivity contribution < 1.29 is 8.42 Å². The van der Waals surface area contributed by atoms with Crippen molar-refractivity contribution in [2.24, 2.45) is 0 Å². The molecule has 106 valence electrons. The van der Waals surface area contributed by atoms with Crippen molar-refractivity contribution in [1.29, 1.82) is 0 Å². The summed E-state index contributed by atoms with van der Waals surface area (Å²) in [5.74, 6) is 0. The van der Waals surface area contributed by atoms with Gasteiger partial charge >= 0.3 is 0 Å². The number of nitrogens with zero attached hydrogens (tertiary/aromatic N) is 4. The zero-order valence-electron chi connectivity index (χ0n) is 10.2. The van der Waals surface area contributed by atoms with Gasteiger partial charge in [0.25, 0.3) is 10.0 Å². The van der Waals surface area contributed by atoms with Crippen LogP contribution in [0.1, 0.15) is 5.69 Å². The second-order valence-corrected chi connectivity index (χ2v) is 7.91. The molecule has 0 bridgehead atoms. The van der Waals surface area contributed by atoms with E-state index in [2.05, 4.69) is 9.97 Å². The fourth-order valence-corrected chi connectivity index (χ4v) is 4.83. The normalized spacial score (nSPS) is 12.6. The van der Waals surface area contributed by atoms with Crippen LogP contribution in [0.4, 0.5) is 0 Å². The molecule has 6 nitrogen and oxygen atoms in total. The maximum Gasteiger partial charge on any atom is 0.262 e. The summed E-state index contributed by atoms with van der Waals surface area (Å²) in [6.07, 6.45) is 1.64. The zero-order chi connectivity index (χ0) is 14.3. The van der Waals surface area contributed by atoms with Gasteiger partial charge in [-0.15, -0.1) is 22.7 Å². The molecule has 0 unspecified atom stereocenters. The minimum atomic E-state index is -3.73. The van der Waals surface area contributed by atoms with Gasteiger partial charge in [0.2, 0.25) is 0 Å². The van der Waals surface area contributed by atoms with Gasteiger partial charge in [0, 0.05) is 24.0 Å². The average Bonchev–Trinajstić information content (AvgIpc) is 3.05. The first-order chi connectivity index (χ1) is 9.50. The Morgan fingerprint density at radius 2 is 2.30 bits per heavy atom. The summed E-state index contributed by atoms with van der Waals surface area (Å²) in [4.78, 5) is 8.68. The number of hydrogen-bond donors (Lipinski definition) is 0. The first-order valence-corrected chi connectivity index (χ1v) is 9.08. The summed E-state index contributed by atoms with van der Waals surface area (Å²) in [5.41, 5.74) is 2.36. The molecular weight excluding hydrogens is 340 g/mol.